The van der Waals surface area contributed by atoms with Gasteiger partial charge in [0.15, 0.2) is 5.82 Å². The molecule has 0 radical (unpaired) electrons. The van der Waals surface area contributed by atoms with Gasteiger partial charge in [0, 0.05) is 42.8 Å². The summed E-state index contributed by atoms with van der Waals surface area (Å²) >= 11 is 7.64. The second-order valence-corrected chi connectivity index (χ2v) is 20.4. The van der Waals surface area contributed by atoms with E-state index in [0.717, 1.165) is 55.9 Å². The molecule has 1 saturated heterocycles. The number of nitrogens with zero attached hydrogens (tertiary/aromatic N) is 5. The summed E-state index contributed by atoms with van der Waals surface area (Å²) in [6, 6.07) is 10.9. The highest BCUT2D eigenvalue weighted by molar-refractivity contribution is 7.97. The number of hydrogen-bond donors (Lipinski definition) is 2. The maximum Gasteiger partial charge on any atom is 0.410 e. The van der Waals surface area contributed by atoms with Gasteiger partial charge in [-0.1, -0.05) is 38.4 Å². The molecule has 7 rings (SSSR count). The summed E-state index contributed by atoms with van der Waals surface area (Å²) in [6.07, 6.45) is 11.2. The van der Waals surface area contributed by atoms with E-state index >= 15 is 0 Å². The van der Waals surface area contributed by atoms with E-state index in [0.29, 0.717) is 52.5 Å². The molecule has 11 nitrogen and oxygen atoms in total. The van der Waals surface area contributed by atoms with E-state index in [-0.39, 0.29) is 33.7 Å². The van der Waals surface area contributed by atoms with Crippen molar-refractivity contribution in [1.29, 1.82) is 0 Å². The summed E-state index contributed by atoms with van der Waals surface area (Å²) in [5, 5.41) is 8.81. The zero-order chi connectivity index (χ0) is 39.4. The van der Waals surface area contributed by atoms with E-state index in [1.54, 1.807) is 23.0 Å². The monoisotopic (exact) mass is 791 g/mol. The third-order valence-electron chi connectivity index (χ3n) is 12.0. The van der Waals surface area contributed by atoms with Gasteiger partial charge in [0.1, 0.15) is 21.6 Å². The van der Waals surface area contributed by atoms with Crippen molar-refractivity contribution in [3.8, 4) is 11.7 Å². The lowest BCUT2D eigenvalue weighted by Crippen LogP contribution is -2.45. The second-order valence-electron chi connectivity index (χ2n) is 19.2. The van der Waals surface area contributed by atoms with E-state index in [2.05, 4.69) is 54.7 Å². The molecule has 2 unspecified atom stereocenters. The number of nitrogens with one attached hydrogen (secondary N) is 2. The molecule has 3 saturated carbocycles. The predicted molar refractivity (Wildman–Crippen MR) is 217 cm³/mol. The van der Waals surface area contributed by atoms with Gasteiger partial charge in [-0.2, -0.15) is 0 Å². The van der Waals surface area contributed by atoms with E-state index in [1.165, 1.54) is 25.7 Å². The van der Waals surface area contributed by atoms with Crippen LogP contribution in [-0.4, -0.2) is 67.5 Å². The Morgan fingerprint density at radius 1 is 1.02 bits per heavy atom. The van der Waals surface area contributed by atoms with Gasteiger partial charge >= 0.3 is 6.09 Å². The molecule has 3 aromatic rings. The summed E-state index contributed by atoms with van der Waals surface area (Å²) in [5.74, 6) is 3.01. The first-order chi connectivity index (χ1) is 25.9. The highest BCUT2D eigenvalue weighted by atomic mass is 35.5. The third-order valence-corrected chi connectivity index (χ3v) is 13.1. The standard InChI is InChI=1S/C42H58ClN7O4S/c1-38(2,3)23-27(22-28-24-40(7,8)49(26-28)37(52)54-39(4,5)6)25-44-31-10-9-11-34(45-31)55-48-36(51)29-12-13-32(46-35(29)43)50-20-14-33(47-50)53-21-15-30-41(16-17-41)42(30)18-19-42/h9-14,20,27-28,30H,15-19,21-26H2,1-8H3,(H,44,45)(H,48,51). The van der Waals surface area contributed by atoms with Crippen LogP contribution in [0.2, 0.25) is 5.15 Å². The summed E-state index contributed by atoms with van der Waals surface area (Å²) < 4.78 is 16.2. The van der Waals surface area contributed by atoms with Crippen LogP contribution in [0.15, 0.2) is 47.6 Å². The van der Waals surface area contributed by atoms with Crippen molar-refractivity contribution in [3.05, 3.63) is 53.3 Å². The molecule has 2 spiro atoms. The molecule has 4 heterocycles. The van der Waals surface area contributed by atoms with Gasteiger partial charge in [0.05, 0.1) is 12.2 Å². The van der Waals surface area contributed by atoms with Crippen molar-refractivity contribution in [3.63, 3.8) is 0 Å². The molecular weight excluding hydrogens is 734 g/mol. The maximum atomic E-state index is 13.2. The number of hydrogen-bond acceptors (Lipinski definition) is 9. The lowest BCUT2D eigenvalue weighted by Gasteiger charge is -2.33. The average Bonchev–Trinajstić information content (AvgIpc) is 4.04. The van der Waals surface area contributed by atoms with E-state index in [4.69, 9.17) is 26.1 Å². The number of carbonyl (C=O) groups is 2. The van der Waals surface area contributed by atoms with Crippen molar-refractivity contribution in [2.24, 2.45) is 34.0 Å². The molecule has 0 aromatic carbocycles. The first-order valence-electron chi connectivity index (χ1n) is 19.9. The highest BCUT2D eigenvalue weighted by Gasteiger charge is 2.85. The Morgan fingerprint density at radius 3 is 2.40 bits per heavy atom. The molecule has 2 atom stereocenters. The smallest absolute Gasteiger partial charge is 0.410 e. The second kappa shape index (κ2) is 14.8. The molecule has 298 valence electrons. The van der Waals surface area contributed by atoms with Crippen LogP contribution >= 0.6 is 23.5 Å². The minimum atomic E-state index is -0.530. The zero-order valence-corrected chi connectivity index (χ0v) is 35.3. The van der Waals surface area contributed by atoms with Crippen LogP contribution in [0.1, 0.15) is 117 Å². The first kappa shape index (κ1) is 39.7. The molecule has 13 heteroatoms. The van der Waals surface area contributed by atoms with Gasteiger partial charge < -0.3 is 19.7 Å². The third kappa shape index (κ3) is 9.06. The number of likely N-dealkylation sites (tertiary alicyclic amines) is 1. The minimum Gasteiger partial charge on any atom is -0.477 e. The average molecular weight is 792 g/mol. The molecule has 2 amide bonds. The first-order valence-corrected chi connectivity index (χ1v) is 21.1. The van der Waals surface area contributed by atoms with Crippen LogP contribution in [0, 0.1) is 34.0 Å². The van der Waals surface area contributed by atoms with Crippen molar-refractivity contribution < 1.29 is 19.1 Å². The fourth-order valence-corrected chi connectivity index (χ4v) is 10.4. The molecule has 0 bridgehead atoms. The summed E-state index contributed by atoms with van der Waals surface area (Å²) in [5.41, 5.74) is 0.966. The number of amides is 2. The minimum absolute atomic E-state index is 0.0832. The highest BCUT2D eigenvalue weighted by Crippen LogP contribution is 2.93. The van der Waals surface area contributed by atoms with Gasteiger partial charge in [0.25, 0.3) is 5.91 Å². The van der Waals surface area contributed by atoms with E-state index in [1.807, 2.05) is 49.9 Å². The Balaban J connectivity index is 0.894. The number of carbonyl (C=O) groups excluding carboxylic acids is 2. The SMILES string of the molecule is CC(C)(C)CC(CNc1cccc(SNC(=O)c2ccc(-n3ccc(OCCC4C5(CC5)C45CC5)n3)nc2Cl)n1)CC1CN(C(=O)OC(C)(C)C)C(C)(C)C1. The van der Waals surface area contributed by atoms with Gasteiger partial charge in [-0.3, -0.25) is 9.52 Å². The Kier molecular flexibility index (Phi) is 10.7. The molecule has 55 heavy (non-hydrogen) atoms. The summed E-state index contributed by atoms with van der Waals surface area (Å²) in [7, 11) is 0. The van der Waals surface area contributed by atoms with Crippen LogP contribution in [0.25, 0.3) is 5.82 Å². The quantitative estimate of drug-likeness (QED) is 0.121. The number of rotatable bonds is 14. The molecule has 4 fully saturated rings. The summed E-state index contributed by atoms with van der Waals surface area (Å²) in [6.45, 7) is 18.9. The number of pyridine rings is 2. The number of aromatic nitrogens is 4. The van der Waals surface area contributed by atoms with Gasteiger partial charge in [0.2, 0.25) is 5.88 Å². The maximum absolute atomic E-state index is 13.2. The van der Waals surface area contributed by atoms with Crippen molar-refractivity contribution in [2.45, 2.75) is 123 Å². The zero-order valence-electron chi connectivity index (χ0n) is 33.7. The largest absolute Gasteiger partial charge is 0.477 e. The number of ether oxygens (including phenoxy) is 2. The molecule has 3 aromatic heterocycles. The van der Waals surface area contributed by atoms with E-state index in [9.17, 15) is 9.59 Å². The Hall–Kier alpha value is -3.51. The van der Waals surface area contributed by atoms with Crippen molar-refractivity contribution in [2.75, 3.05) is 25.0 Å². The number of fused-ring (bicyclic) bond motifs is 1. The fourth-order valence-electron chi connectivity index (χ4n) is 9.60. The van der Waals surface area contributed by atoms with Crippen LogP contribution in [0.3, 0.4) is 0 Å². The van der Waals surface area contributed by atoms with Gasteiger partial charge in [-0.25, -0.2) is 19.4 Å². The van der Waals surface area contributed by atoms with Crippen LogP contribution in [0.4, 0.5) is 10.6 Å². The van der Waals surface area contributed by atoms with Crippen LogP contribution < -0.4 is 14.8 Å². The van der Waals surface area contributed by atoms with E-state index < -0.39 is 5.60 Å². The Labute approximate surface area is 335 Å². The predicted octanol–water partition coefficient (Wildman–Crippen LogP) is 9.60. The number of halogens is 1. The van der Waals surface area contributed by atoms with Crippen LogP contribution in [0.5, 0.6) is 5.88 Å². The van der Waals surface area contributed by atoms with Crippen molar-refractivity contribution in [1.82, 2.24) is 29.4 Å². The van der Waals surface area contributed by atoms with Crippen LogP contribution in [-0.2, 0) is 4.74 Å². The molecule has 2 N–H and O–H groups in total. The lowest BCUT2D eigenvalue weighted by atomic mass is 9.79. The molecule has 4 aliphatic rings. The molecular formula is C42H58ClN7O4S. The fraction of sp³-hybridized carbons (Fsp3) is 0.643. The molecule has 1 aliphatic heterocycles. The summed E-state index contributed by atoms with van der Waals surface area (Å²) in [4.78, 5) is 37.3. The Bertz CT molecular complexity index is 1880. The number of anilines is 1. The van der Waals surface area contributed by atoms with Gasteiger partial charge in [-0.15, -0.1) is 5.10 Å². The topological polar surface area (TPSA) is 123 Å². The Morgan fingerprint density at radius 2 is 1.75 bits per heavy atom. The normalized spacial score (nSPS) is 21.0. The van der Waals surface area contributed by atoms with Crippen molar-refractivity contribution >= 4 is 41.4 Å². The lowest BCUT2D eigenvalue weighted by molar-refractivity contribution is 0.0130. The van der Waals surface area contributed by atoms with Gasteiger partial charge in [-0.05, 0) is 144 Å². The molecule has 3 aliphatic carbocycles.